The van der Waals surface area contributed by atoms with Crippen LogP contribution in [-0.4, -0.2) is 124 Å². The zero-order valence-electron chi connectivity index (χ0n) is 75.5. The van der Waals surface area contributed by atoms with E-state index in [9.17, 15) is 20.0 Å². The first-order chi connectivity index (χ1) is 60.1. The second-order valence-electron chi connectivity index (χ2n) is 39.2. The van der Waals surface area contributed by atoms with Crippen molar-refractivity contribution in [2.45, 2.75) is 258 Å². The molecule has 2 aliphatic heterocycles. The van der Waals surface area contributed by atoms with Gasteiger partial charge in [0.2, 0.25) is 0 Å². The van der Waals surface area contributed by atoms with E-state index >= 15 is 0 Å². The minimum atomic E-state index is -0.646. The number of hydroxylamine groups is 4. The van der Waals surface area contributed by atoms with Gasteiger partial charge in [-0.05, 0) is 318 Å². The van der Waals surface area contributed by atoms with E-state index in [1.54, 1.807) is 0 Å². The normalized spacial score (nSPS) is 16.2. The van der Waals surface area contributed by atoms with Crippen LogP contribution in [0.25, 0.3) is 152 Å². The van der Waals surface area contributed by atoms with Gasteiger partial charge in [0, 0.05) is 22.2 Å². The number of esters is 2. The number of benzene rings is 15. The number of hydrogen-bond donors (Lipinski definition) is 0. The van der Waals surface area contributed by atoms with Gasteiger partial charge in [-0.15, -0.1) is 0 Å². The monoisotopic (exact) mass is 1670 g/mol. The summed E-state index contributed by atoms with van der Waals surface area (Å²) in [6.07, 6.45) is 30.3. The molecule has 0 atom stereocenters. The summed E-state index contributed by atoms with van der Waals surface area (Å²) >= 11 is 0. The average molecular weight is 1670 g/mol. The molecule has 0 saturated carbocycles. The minimum Gasteiger partial charge on any atom is -0.784 e. The SMILES string of the molecule is CCCCCCCCCCCCc1cc2c3cccc4c5cc(-c6ccc(OCCOCCOCCOC(=O)C7CC(C)(C)N([O-])C(C)(C)C7)cc6)cc6c7cc(-c8ccc(OCCOCCOCCOC(=O)C9CC(C)(C)N([O-])C(C)(C)C9)cc8)cc8c9cccc%10c%11cc(CCCCCCCCCCCC)cc%12c(c1)c2c1c(c34)c(c56)c(c87)c(c%109)c1c%11%12. The summed E-state index contributed by atoms with van der Waals surface area (Å²) in [5, 5.41) is 60.5. The van der Waals surface area contributed by atoms with E-state index in [1.165, 1.54) is 269 Å². The Morgan fingerprint density at radius 1 is 0.290 bits per heavy atom. The van der Waals surface area contributed by atoms with Crippen molar-refractivity contribution in [2.75, 3.05) is 79.3 Å². The van der Waals surface area contributed by atoms with Gasteiger partial charge in [0.25, 0.3) is 0 Å². The third-order valence-corrected chi connectivity index (χ3v) is 28.1. The summed E-state index contributed by atoms with van der Waals surface area (Å²) in [6, 6.07) is 52.3. The standard InChI is InChI=1S/C110H130N2O12/c1-11-13-15-17-19-21-23-25-27-29-33-71-59-85-81-35-31-37-83-89-63-75(73-39-43-79(44-40-73)121-55-51-117-47-49-119-53-57-123-105(113)77-67-107(3,4)111(115)108(5,6)68-77)65-91-92-66-76(74-41-45-80(46-42-74)122-56-52-118-48-50-120-54-58-124-106(114)78-69-109(7,8)112(116)110(9,10)70-78)64-90-84-38-32-36-82-86-60-72(34-30-28-26-24-22-20-18-16-14-12-2)62-88-87(61-71)95(85)101-99(93(81)83)103(97(89)91)104(98(90)92)100(94(82)84)102(101)96(86)88/h31-32,35-46,59-66,77-78H,11-30,33-34,47-58,67-70H2,1-10H3/q-2. The number of ether oxygens (including phenoxy) is 8. The molecule has 124 heavy (non-hydrogen) atoms. The molecule has 0 bridgehead atoms. The van der Waals surface area contributed by atoms with Crippen molar-refractivity contribution >= 4 is 141 Å². The minimum absolute atomic E-state index is 0.148. The maximum atomic E-state index is 13.1. The largest absolute Gasteiger partial charge is 0.784 e. The van der Waals surface area contributed by atoms with E-state index in [2.05, 4.69) is 147 Å². The Hall–Kier alpha value is -8.80. The topological polar surface area (TPSA) is 161 Å². The molecule has 0 unspecified atom stereocenters. The van der Waals surface area contributed by atoms with E-state index < -0.39 is 22.2 Å². The highest BCUT2D eigenvalue weighted by molar-refractivity contribution is 6.61. The molecule has 2 heterocycles. The second kappa shape index (κ2) is 37.6. The number of rotatable bonds is 46. The smallest absolute Gasteiger partial charge is 0.309 e. The van der Waals surface area contributed by atoms with Crippen molar-refractivity contribution < 1.29 is 47.5 Å². The van der Waals surface area contributed by atoms with Crippen molar-refractivity contribution in [1.29, 1.82) is 0 Å². The van der Waals surface area contributed by atoms with E-state index in [4.69, 9.17) is 37.9 Å². The molecule has 2 saturated heterocycles. The van der Waals surface area contributed by atoms with E-state index in [0.717, 1.165) is 56.7 Å². The highest BCUT2D eigenvalue weighted by Crippen LogP contribution is 2.62. The maximum Gasteiger partial charge on any atom is 0.309 e. The number of fused-ring (bicyclic) bond motifs is 6. The van der Waals surface area contributed by atoms with E-state index in [-0.39, 0.29) is 50.2 Å². The summed E-state index contributed by atoms with van der Waals surface area (Å²) in [6.45, 7) is 23.5. The van der Waals surface area contributed by atoms with Crippen molar-refractivity contribution in [3.8, 4) is 33.8 Å². The molecular formula is C110H130N2O12-2. The fourth-order valence-corrected chi connectivity index (χ4v) is 22.6. The lowest BCUT2D eigenvalue weighted by molar-refractivity contribution is -0.157. The van der Waals surface area contributed by atoms with E-state index in [1.807, 2.05) is 55.4 Å². The predicted octanol–water partition coefficient (Wildman–Crippen LogP) is 27.9. The molecule has 0 aromatic heterocycles. The molecule has 0 aliphatic carbocycles. The molecule has 2 fully saturated rings. The summed E-state index contributed by atoms with van der Waals surface area (Å²) in [7, 11) is 0. The number of aryl methyl sites for hydroxylation is 2. The van der Waals surface area contributed by atoms with Crippen LogP contribution < -0.4 is 9.47 Å². The zero-order chi connectivity index (χ0) is 86.0. The lowest BCUT2D eigenvalue weighted by atomic mass is 9.72. The Morgan fingerprint density at radius 3 is 0.831 bits per heavy atom. The van der Waals surface area contributed by atoms with Gasteiger partial charge in [-0.2, -0.15) is 0 Å². The highest BCUT2D eigenvalue weighted by Gasteiger charge is 2.45. The summed E-state index contributed by atoms with van der Waals surface area (Å²) in [5.74, 6) is 0.312. The van der Waals surface area contributed by atoms with Crippen molar-refractivity contribution in [1.82, 2.24) is 10.1 Å². The van der Waals surface area contributed by atoms with E-state index in [0.29, 0.717) is 78.5 Å². The molecule has 14 heteroatoms. The Bertz CT molecular complexity index is 5720. The van der Waals surface area contributed by atoms with Gasteiger partial charge < -0.3 is 58.4 Å². The zero-order valence-corrected chi connectivity index (χ0v) is 75.5. The van der Waals surface area contributed by atoms with Crippen LogP contribution in [0.1, 0.15) is 234 Å². The van der Waals surface area contributed by atoms with Crippen LogP contribution in [0.5, 0.6) is 11.5 Å². The average Bonchev–Trinajstić information content (AvgIpc) is 0.641. The van der Waals surface area contributed by atoms with Crippen molar-refractivity contribution in [3.05, 3.63) is 155 Å². The first-order valence-corrected chi connectivity index (χ1v) is 47.4. The van der Waals surface area contributed by atoms with Gasteiger partial charge in [-0.25, -0.2) is 0 Å². The summed E-state index contributed by atoms with van der Waals surface area (Å²) in [4.78, 5) is 26.1. The molecule has 654 valence electrons. The van der Waals surface area contributed by atoms with Gasteiger partial charge in [0.05, 0.1) is 64.7 Å². The van der Waals surface area contributed by atoms with Gasteiger partial charge in [-0.3, -0.25) is 9.59 Å². The summed E-state index contributed by atoms with van der Waals surface area (Å²) in [5.41, 5.74) is 4.80. The first kappa shape index (κ1) is 87.3. The molecule has 0 radical (unpaired) electrons. The molecular weight excluding hydrogens is 1540 g/mol. The molecule has 2 aliphatic rings. The van der Waals surface area contributed by atoms with Crippen LogP contribution in [0.15, 0.2) is 133 Å². The quantitative estimate of drug-likeness (QED) is 0.0153. The van der Waals surface area contributed by atoms with Crippen LogP contribution >= 0.6 is 0 Å². The number of hydrogen-bond acceptors (Lipinski definition) is 14. The third-order valence-electron chi connectivity index (χ3n) is 28.1. The van der Waals surface area contributed by atoms with Gasteiger partial charge in [0.15, 0.2) is 0 Å². The fraction of sp³-hybridized carbons (Fsp3) is 0.491. The molecule has 15 aromatic rings. The van der Waals surface area contributed by atoms with Gasteiger partial charge in [0.1, 0.15) is 37.9 Å². The number of piperidine rings is 2. The molecule has 0 amide bonds. The number of carbonyl (C=O) groups excluding carboxylic acids is 2. The van der Waals surface area contributed by atoms with Crippen LogP contribution in [0.3, 0.4) is 0 Å². The van der Waals surface area contributed by atoms with Crippen molar-refractivity contribution in [2.24, 2.45) is 11.8 Å². The number of unbranched alkanes of at least 4 members (excludes halogenated alkanes) is 18. The Kier molecular flexibility index (Phi) is 26.5. The Balaban J connectivity index is 0.692. The Morgan fingerprint density at radius 2 is 0.532 bits per heavy atom. The maximum absolute atomic E-state index is 13.1. The second-order valence-corrected chi connectivity index (χ2v) is 39.2. The molecule has 0 N–H and O–H groups in total. The summed E-state index contributed by atoms with van der Waals surface area (Å²) < 4.78 is 47.5. The molecule has 14 nitrogen and oxygen atoms in total. The lowest BCUT2D eigenvalue weighted by Crippen LogP contribution is -2.58. The van der Waals surface area contributed by atoms with Crippen LogP contribution in [0.4, 0.5) is 0 Å². The van der Waals surface area contributed by atoms with Crippen LogP contribution in [0, 0.1) is 22.3 Å². The number of carbonyl (C=O) groups is 2. The first-order valence-electron chi connectivity index (χ1n) is 47.4. The van der Waals surface area contributed by atoms with Crippen LogP contribution in [0.2, 0.25) is 0 Å². The predicted molar refractivity (Wildman–Crippen MR) is 514 cm³/mol. The van der Waals surface area contributed by atoms with Gasteiger partial charge in [-0.1, -0.05) is 214 Å². The number of nitrogens with zero attached hydrogens (tertiary/aromatic N) is 2. The van der Waals surface area contributed by atoms with Crippen LogP contribution in [-0.2, 0) is 50.9 Å². The molecule has 15 aromatic carbocycles. The fourth-order valence-electron chi connectivity index (χ4n) is 22.6. The highest BCUT2D eigenvalue weighted by atomic mass is 16.6. The molecule has 17 rings (SSSR count). The molecule has 0 spiro atoms. The van der Waals surface area contributed by atoms with Gasteiger partial charge >= 0.3 is 11.9 Å². The Labute approximate surface area is 732 Å². The van der Waals surface area contributed by atoms with Crippen molar-refractivity contribution in [3.63, 3.8) is 0 Å². The lowest BCUT2D eigenvalue weighted by Gasteiger charge is -2.59. The third kappa shape index (κ3) is 17.5.